The summed E-state index contributed by atoms with van der Waals surface area (Å²) in [6.07, 6.45) is 0.0587. The van der Waals surface area contributed by atoms with Crippen molar-refractivity contribution < 1.29 is 15.0 Å². The minimum Gasteiger partial charge on any atom is -0.477 e. The molecule has 0 aliphatic carbocycles. The second-order valence-electron chi connectivity index (χ2n) is 2.17. The van der Waals surface area contributed by atoms with E-state index in [9.17, 15) is 4.79 Å². The third-order valence-electron chi connectivity index (χ3n) is 1.10. The van der Waals surface area contributed by atoms with E-state index in [1.165, 1.54) is 0 Å². The lowest BCUT2D eigenvalue weighted by atomic mass is 10.2. The van der Waals surface area contributed by atoms with Crippen molar-refractivity contribution in [1.29, 1.82) is 0 Å². The smallest absolute Gasteiger partial charge is 0.348 e. The van der Waals surface area contributed by atoms with Gasteiger partial charge in [0.05, 0.1) is 6.61 Å². The fourth-order valence-electron chi connectivity index (χ4n) is 0.500. The summed E-state index contributed by atoms with van der Waals surface area (Å²) in [5, 5.41) is 16.4. The van der Waals surface area contributed by atoms with Crippen molar-refractivity contribution in [2.75, 3.05) is 6.61 Å². The lowest BCUT2D eigenvalue weighted by molar-refractivity contribution is -0.131. The van der Waals surface area contributed by atoms with E-state index in [4.69, 9.17) is 39.1 Å². The van der Waals surface area contributed by atoms with E-state index < -0.39 is 17.0 Å². The number of nitrogens with two attached hydrogens (primary N) is 1. The summed E-state index contributed by atoms with van der Waals surface area (Å²) in [6.45, 7) is -0.264. The molecule has 0 rings (SSSR count). The number of aliphatic hydroxyl groups excluding tert-OH is 1. The molecule has 0 saturated carbocycles. The van der Waals surface area contributed by atoms with Crippen LogP contribution in [0.1, 0.15) is 6.42 Å². The second-order valence-corrected chi connectivity index (χ2v) is 3.01. The number of aliphatic carboxylic acids is 1. The Balaban J connectivity index is 4.26. The number of halogens is 2. The summed E-state index contributed by atoms with van der Waals surface area (Å²) in [5.41, 5.74) is 5.29. The lowest BCUT2D eigenvalue weighted by Gasteiger charge is -2.06. The van der Waals surface area contributed by atoms with Crippen LogP contribution in [0.3, 0.4) is 0 Å². The van der Waals surface area contributed by atoms with Gasteiger partial charge in [-0.2, -0.15) is 0 Å². The molecule has 6 heteroatoms. The van der Waals surface area contributed by atoms with Gasteiger partial charge in [0.2, 0.25) is 0 Å². The summed E-state index contributed by atoms with van der Waals surface area (Å²) in [7, 11) is 0. The van der Waals surface area contributed by atoms with Gasteiger partial charge < -0.3 is 15.9 Å². The van der Waals surface area contributed by atoms with Crippen LogP contribution in [0, 0.1) is 0 Å². The molecule has 4 N–H and O–H groups in total. The Labute approximate surface area is 79.6 Å². The standard InChI is InChI=1S/C6H9Cl2NO3/c7-4(1-3(9)2-10)5(8)6(11)12/h3,10H,1-2,9H2,(H,11,12)/b5-4+. The lowest BCUT2D eigenvalue weighted by Crippen LogP contribution is -2.24. The van der Waals surface area contributed by atoms with Crippen LogP contribution >= 0.6 is 23.2 Å². The molecule has 0 fully saturated rings. The summed E-state index contributed by atoms with van der Waals surface area (Å²) in [4.78, 5) is 10.2. The highest BCUT2D eigenvalue weighted by molar-refractivity contribution is 6.47. The highest BCUT2D eigenvalue weighted by Gasteiger charge is 2.12. The minimum atomic E-state index is -1.30. The molecule has 0 amide bonds. The molecule has 4 nitrogen and oxygen atoms in total. The normalized spacial score (nSPS) is 15.3. The van der Waals surface area contributed by atoms with E-state index in [-0.39, 0.29) is 18.1 Å². The SMILES string of the molecule is NC(CO)C/C(Cl)=C(\Cl)C(=O)O. The molecule has 0 saturated heterocycles. The molecule has 0 bridgehead atoms. The van der Waals surface area contributed by atoms with Crippen molar-refractivity contribution in [3.05, 3.63) is 10.1 Å². The Hall–Kier alpha value is -0.290. The first-order valence-corrected chi connectivity index (χ1v) is 3.88. The first kappa shape index (κ1) is 11.7. The molecule has 0 heterocycles. The van der Waals surface area contributed by atoms with Gasteiger partial charge in [-0.25, -0.2) is 4.79 Å². The highest BCUT2D eigenvalue weighted by atomic mass is 35.5. The maximum absolute atomic E-state index is 10.2. The number of carboxylic acids is 1. The van der Waals surface area contributed by atoms with Gasteiger partial charge in [0.1, 0.15) is 5.03 Å². The zero-order chi connectivity index (χ0) is 9.72. The van der Waals surface area contributed by atoms with E-state index >= 15 is 0 Å². The maximum atomic E-state index is 10.2. The van der Waals surface area contributed by atoms with Gasteiger partial charge in [-0.3, -0.25) is 0 Å². The Bertz CT molecular complexity index is 205. The number of rotatable bonds is 4. The van der Waals surface area contributed by atoms with E-state index in [1.54, 1.807) is 0 Å². The molecule has 0 aliphatic heterocycles. The molecule has 12 heavy (non-hydrogen) atoms. The van der Waals surface area contributed by atoms with E-state index in [2.05, 4.69) is 0 Å². The van der Waals surface area contributed by atoms with E-state index in [0.717, 1.165) is 0 Å². The third-order valence-corrected chi connectivity index (χ3v) is 1.93. The van der Waals surface area contributed by atoms with Crippen LogP contribution in [0.25, 0.3) is 0 Å². The molecule has 0 aromatic heterocycles. The van der Waals surface area contributed by atoms with Gasteiger partial charge in [-0.1, -0.05) is 23.2 Å². The average molecular weight is 214 g/mol. The number of carboxylic acid groups (broad SMARTS) is 1. The Morgan fingerprint density at radius 1 is 1.50 bits per heavy atom. The Kier molecular flexibility index (Phi) is 5.24. The van der Waals surface area contributed by atoms with Crippen molar-refractivity contribution in [2.45, 2.75) is 12.5 Å². The van der Waals surface area contributed by atoms with Crippen molar-refractivity contribution in [3.8, 4) is 0 Å². The summed E-state index contributed by atoms with van der Waals surface area (Å²) < 4.78 is 0. The molecule has 1 unspecified atom stereocenters. The van der Waals surface area contributed by atoms with Crippen molar-refractivity contribution in [3.63, 3.8) is 0 Å². The molecule has 70 valence electrons. The molecule has 1 atom stereocenters. The summed E-state index contributed by atoms with van der Waals surface area (Å²) in [6, 6.07) is -0.578. The fraction of sp³-hybridized carbons (Fsp3) is 0.500. The Morgan fingerprint density at radius 2 is 2.00 bits per heavy atom. The van der Waals surface area contributed by atoms with Gasteiger partial charge in [0.25, 0.3) is 0 Å². The van der Waals surface area contributed by atoms with Gasteiger partial charge in [-0.15, -0.1) is 0 Å². The fourth-order valence-corrected chi connectivity index (χ4v) is 0.857. The zero-order valence-electron chi connectivity index (χ0n) is 6.13. The van der Waals surface area contributed by atoms with Crippen molar-refractivity contribution in [2.24, 2.45) is 5.73 Å². The van der Waals surface area contributed by atoms with Crippen LogP contribution in [0.4, 0.5) is 0 Å². The maximum Gasteiger partial charge on any atom is 0.348 e. The largest absolute Gasteiger partial charge is 0.477 e. The van der Waals surface area contributed by atoms with Crippen LogP contribution in [0.2, 0.25) is 0 Å². The highest BCUT2D eigenvalue weighted by Crippen LogP contribution is 2.18. The molecule has 0 aromatic rings. The molecule has 0 spiro atoms. The monoisotopic (exact) mass is 213 g/mol. The molecule has 0 aromatic carbocycles. The average Bonchev–Trinajstić information content (AvgIpc) is 2.02. The molecule has 0 radical (unpaired) electrons. The van der Waals surface area contributed by atoms with Gasteiger partial charge in [-0.05, 0) is 0 Å². The minimum absolute atomic E-state index is 0.0503. The number of carbonyl (C=O) groups is 1. The Morgan fingerprint density at radius 3 is 2.33 bits per heavy atom. The van der Waals surface area contributed by atoms with Crippen LogP contribution in [0.5, 0.6) is 0 Å². The third kappa shape index (κ3) is 3.92. The zero-order valence-corrected chi connectivity index (χ0v) is 7.64. The van der Waals surface area contributed by atoms with E-state index in [1.807, 2.05) is 0 Å². The predicted octanol–water partition coefficient (Wildman–Crippen LogP) is 0.470. The van der Waals surface area contributed by atoms with Crippen LogP contribution in [0.15, 0.2) is 10.1 Å². The van der Waals surface area contributed by atoms with Crippen LogP contribution in [-0.2, 0) is 4.79 Å². The summed E-state index contributed by atoms with van der Waals surface area (Å²) in [5.74, 6) is -1.30. The van der Waals surface area contributed by atoms with Crippen LogP contribution < -0.4 is 5.73 Å². The molecular weight excluding hydrogens is 205 g/mol. The summed E-state index contributed by atoms with van der Waals surface area (Å²) >= 11 is 10.8. The van der Waals surface area contributed by atoms with Gasteiger partial charge in [0.15, 0.2) is 0 Å². The van der Waals surface area contributed by atoms with Crippen molar-refractivity contribution >= 4 is 29.2 Å². The van der Waals surface area contributed by atoms with Crippen molar-refractivity contribution in [1.82, 2.24) is 0 Å². The number of aliphatic hydroxyl groups is 1. The predicted molar refractivity (Wildman–Crippen MR) is 46.0 cm³/mol. The van der Waals surface area contributed by atoms with Crippen LogP contribution in [-0.4, -0.2) is 28.8 Å². The first-order chi connectivity index (χ1) is 5.49. The topological polar surface area (TPSA) is 83.5 Å². The first-order valence-electron chi connectivity index (χ1n) is 3.13. The molecule has 0 aliphatic rings. The van der Waals surface area contributed by atoms with Gasteiger partial charge >= 0.3 is 5.97 Å². The quantitative estimate of drug-likeness (QED) is 0.594. The second kappa shape index (κ2) is 5.37. The van der Waals surface area contributed by atoms with E-state index in [0.29, 0.717) is 0 Å². The number of hydrogen-bond donors (Lipinski definition) is 3. The molecular formula is C6H9Cl2NO3. The number of hydrogen-bond acceptors (Lipinski definition) is 3. The van der Waals surface area contributed by atoms with Gasteiger partial charge in [0, 0.05) is 17.5 Å².